The lowest BCUT2D eigenvalue weighted by Crippen LogP contribution is -3.14. The molecule has 1 aliphatic rings. The van der Waals surface area contributed by atoms with Crippen LogP contribution < -0.4 is 15.5 Å². The van der Waals surface area contributed by atoms with E-state index in [1.165, 1.54) is 11.9 Å². The predicted molar refractivity (Wildman–Crippen MR) is 80.9 cm³/mol. The summed E-state index contributed by atoms with van der Waals surface area (Å²) in [6, 6.07) is 8.94. The third kappa shape index (κ3) is 4.04. The van der Waals surface area contributed by atoms with Crippen molar-refractivity contribution in [1.29, 1.82) is 0 Å². The molecule has 0 bridgehead atoms. The number of benzene rings is 1. The number of amides is 3. The van der Waals surface area contributed by atoms with Gasteiger partial charge in [-0.2, -0.15) is 0 Å². The largest absolute Gasteiger partial charge is 0.341 e. The molecule has 1 aromatic carbocycles. The maximum absolute atomic E-state index is 12.5. The standard InChI is InChI=1S/C16H23N3O2/c1-12-8-10-19(11-9-12)14(13-6-4-3-5-7-13)15(20)18-16(21)17-2/h3-7,12,14H,8-11H2,1-2H3,(H2,17,18,20,21)/p+1/t14-/m0/s1. The molecule has 1 saturated heterocycles. The normalized spacial score (nSPS) is 23.1. The Kier molecular flexibility index (Phi) is 5.33. The average molecular weight is 290 g/mol. The van der Waals surface area contributed by atoms with E-state index in [0.29, 0.717) is 5.92 Å². The topological polar surface area (TPSA) is 62.6 Å². The van der Waals surface area contributed by atoms with Crippen LogP contribution in [0.1, 0.15) is 31.4 Å². The van der Waals surface area contributed by atoms with Gasteiger partial charge in [-0.3, -0.25) is 10.1 Å². The van der Waals surface area contributed by atoms with Crippen molar-refractivity contribution in [3.05, 3.63) is 35.9 Å². The monoisotopic (exact) mass is 290 g/mol. The first-order valence-electron chi connectivity index (χ1n) is 7.54. The summed E-state index contributed by atoms with van der Waals surface area (Å²) in [4.78, 5) is 25.2. The summed E-state index contributed by atoms with van der Waals surface area (Å²) in [5, 5.41) is 4.86. The van der Waals surface area contributed by atoms with Crippen molar-refractivity contribution in [2.24, 2.45) is 5.92 Å². The Hall–Kier alpha value is -1.88. The molecule has 0 saturated carbocycles. The molecule has 0 aliphatic carbocycles. The zero-order valence-electron chi connectivity index (χ0n) is 12.7. The summed E-state index contributed by atoms with van der Waals surface area (Å²) in [5.74, 6) is 0.484. The number of likely N-dealkylation sites (tertiary alicyclic amines) is 1. The molecule has 0 unspecified atom stereocenters. The maximum Gasteiger partial charge on any atom is 0.321 e. The molecule has 0 aromatic heterocycles. The first kappa shape index (κ1) is 15.5. The Morgan fingerprint density at radius 2 is 1.81 bits per heavy atom. The van der Waals surface area contributed by atoms with Crippen LogP contribution in [0.3, 0.4) is 0 Å². The molecule has 1 aromatic rings. The van der Waals surface area contributed by atoms with E-state index in [9.17, 15) is 9.59 Å². The quantitative estimate of drug-likeness (QED) is 0.759. The zero-order chi connectivity index (χ0) is 15.2. The van der Waals surface area contributed by atoms with E-state index in [1.54, 1.807) is 0 Å². The molecule has 0 spiro atoms. The first-order chi connectivity index (χ1) is 10.1. The average Bonchev–Trinajstić information content (AvgIpc) is 2.50. The van der Waals surface area contributed by atoms with Gasteiger partial charge in [0.25, 0.3) is 5.91 Å². The minimum Gasteiger partial charge on any atom is -0.341 e. The summed E-state index contributed by atoms with van der Waals surface area (Å²) in [5.41, 5.74) is 0.962. The Morgan fingerprint density at radius 3 is 2.38 bits per heavy atom. The Balaban J connectivity index is 2.18. The molecule has 1 atom stereocenters. The number of carbonyl (C=O) groups excluding carboxylic acids is 2. The van der Waals surface area contributed by atoms with Crippen molar-refractivity contribution >= 4 is 11.9 Å². The van der Waals surface area contributed by atoms with Gasteiger partial charge in [-0.1, -0.05) is 37.3 Å². The molecule has 5 nitrogen and oxygen atoms in total. The van der Waals surface area contributed by atoms with Gasteiger partial charge in [-0.05, 0) is 18.8 Å². The summed E-state index contributed by atoms with van der Waals surface area (Å²) in [7, 11) is 1.51. The smallest absolute Gasteiger partial charge is 0.321 e. The van der Waals surface area contributed by atoms with Crippen LogP contribution in [-0.2, 0) is 4.79 Å². The fourth-order valence-corrected chi connectivity index (χ4v) is 2.89. The summed E-state index contributed by atoms with van der Waals surface area (Å²) in [6.45, 7) is 4.17. The third-order valence-corrected chi connectivity index (χ3v) is 4.18. The molecular weight excluding hydrogens is 266 g/mol. The molecule has 1 heterocycles. The van der Waals surface area contributed by atoms with E-state index in [1.807, 2.05) is 30.3 Å². The van der Waals surface area contributed by atoms with Gasteiger partial charge in [-0.25, -0.2) is 4.79 Å². The number of hydrogen-bond acceptors (Lipinski definition) is 2. The summed E-state index contributed by atoms with van der Waals surface area (Å²) in [6.07, 6.45) is 2.23. The van der Waals surface area contributed by atoms with Crippen LogP contribution in [-0.4, -0.2) is 32.1 Å². The van der Waals surface area contributed by atoms with E-state index in [-0.39, 0.29) is 11.9 Å². The van der Waals surface area contributed by atoms with Gasteiger partial charge < -0.3 is 10.2 Å². The van der Waals surface area contributed by atoms with Crippen molar-refractivity contribution in [2.75, 3.05) is 20.1 Å². The van der Waals surface area contributed by atoms with E-state index in [2.05, 4.69) is 17.6 Å². The minimum absolute atomic E-state index is 0.231. The number of urea groups is 1. The van der Waals surface area contributed by atoms with E-state index >= 15 is 0 Å². The van der Waals surface area contributed by atoms with Gasteiger partial charge in [0.15, 0.2) is 6.04 Å². The number of nitrogens with one attached hydrogen (secondary N) is 3. The molecule has 21 heavy (non-hydrogen) atoms. The maximum atomic E-state index is 12.5. The lowest BCUT2D eigenvalue weighted by atomic mass is 9.95. The van der Waals surface area contributed by atoms with E-state index < -0.39 is 6.03 Å². The van der Waals surface area contributed by atoms with Crippen molar-refractivity contribution in [3.63, 3.8) is 0 Å². The molecular formula is C16H24N3O2+. The van der Waals surface area contributed by atoms with Gasteiger partial charge in [0, 0.05) is 12.6 Å². The zero-order valence-corrected chi connectivity index (χ0v) is 12.7. The molecule has 2 rings (SSSR count). The number of rotatable bonds is 3. The van der Waals surface area contributed by atoms with E-state index in [0.717, 1.165) is 31.5 Å². The van der Waals surface area contributed by atoms with Crippen LogP contribution in [0.4, 0.5) is 4.79 Å². The molecule has 114 valence electrons. The van der Waals surface area contributed by atoms with Crippen molar-refractivity contribution in [2.45, 2.75) is 25.8 Å². The number of hydrogen-bond donors (Lipinski definition) is 3. The first-order valence-corrected chi connectivity index (χ1v) is 7.54. The van der Waals surface area contributed by atoms with Crippen molar-refractivity contribution < 1.29 is 14.5 Å². The minimum atomic E-state index is -0.453. The highest BCUT2D eigenvalue weighted by Gasteiger charge is 2.34. The summed E-state index contributed by atoms with van der Waals surface area (Å²) >= 11 is 0. The molecule has 1 aliphatic heterocycles. The summed E-state index contributed by atoms with van der Waals surface area (Å²) < 4.78 is 0. The SMILES string of the molecule is CNC(=O)NC(=O)[C@H](c1ccccc1)[NH+]1CCC(C)CC1. The van der Waals surface area contributed by atoms with E-state index in [4.69, 9.17) is 0 Å². The van der Waals surface area contributed by atoms with Gasteiger partial charge in [0.1, 0.15) is 0 Å². The van der Waals surface area contributed by atoms with Crippen LogP contribution in [0.2, 0.25) is 0 Å². The highest BCUT2D eigenvalue weighted by Crippen LogP contribution is 2.14. The fourth-order valence-electron chi connectivity index (χ4n) is 2.89. The molecule has 0 radical (unpaired) electrons. The van der Waals surface area contributed by atoms with Gasteiger partial charge in [0.05, 0.1) is 13.1 Å². The second kappa shape index (κ2) is 7.22. The molecule has 1 fully saturated rings. The second-order valence-corrected chi connectivity index (χ2v) is 5.75. The highest BCUT2D eigenvalue weighted by atomic mass is 16.2. The number of imide groups is 1. The number of quaternary nitrogens is 1. The van der Waals surface area contributed by atoms with Crippen LogP contribution in [0.5, 0.6) is 0 Å². The number of piperidine rings is 1. The van der Waals surface area contributed by atoms with Gasteiger partial charge in [-0.15, -0.1) is 0 Å². The van der Waals surface area contributed by atoms with Gasteiger partial charge in [0.2, 0.25) is 0 Å². The fraction of sp³-hybridized carbons (Fsp3) is 0.500. The molecule has 3 N–H and O–H groups in total. The lowest BCUT2D eigenvalue weighted by Gasteiger charge is -2.33. The van der Waals surface area contributed by atoms with Gasteiger partial charge >= 0.3 is 6.03 Å². The Labute approximate surface area is 125 Å². The molecule has 3 amide bonds. The van der Waals surface area contributed by atoms with Crippen LogP contribution in [0.25, 0.3) is 0 Å². The van der Waals surface area contributed by atoms with Crippen molar-refractivity contribution in [3.8, 4) is 0 Å². The van der Waals surface area contributed by atoms with Crippen LogP contribution in [0, 0.1) is 5.92 Å². The predicted octanol–water partition coefficient (Wildman–Crippen LogP) is 0.498. The lowest BCUT2D eigenvalue weighted by molar-refractivity contribution is -0.927. The van der Waals surface area contributed by atoms with Crippen LogP contribution in [0.15, 0.2) is 30.3 Å². The number of carbonyl (C=O) groups is 2. The molecule has 5 heteroatoms. The highest BCUT2D eigenvalue weighted by molar-refractivity contribution is 5.96. The van der Waals surface area contributed by atoms with Crippen molar-refractivity contribution in [1.82, 2.24) is 10.6 Å². The Bertz CT molecular complexity index is 482. The Morgan fingerprint density at radius 1 is 1.19 bits per heavy atom. The van der Waals surface area contributed by atoms with Crippen LogP contribution >= 0.6 is 0 Å². The second-order valence-electron chi connectivity index (χ2n) is 5.75. The third-order valence-electron chi connectivity index (χ3n) is 4.18.